The van der Waals surface area contributed by atoms with E-state index >= 15 is 0 Å². The molecular formula is C42H76NO10P. The van der Waals surface area contributed by atoms with E-state index in [2.05, 4.69) is 42.3 Å². The molecule has 0 aromatic carbocycles. The summed E-state index contributed by atoms with van der Waals surface area (Å²) in [5.74, 6) is -2.42. The lowest BCUT2D eigenvalue weighted by atomic mass is 10.0. The highest BCUT2D eigenvalue weighted by molar-refractivity contribution is 7.47. The first-order chi connectivity index (χ1) is 26.1. The maximum Gasteiger partial charge on any atom is 0.472 e. The lowest BCUT2D eigenvalue weighted by Gasteiger charge is -2.20. The van der Waals surface area contributed by atoms with E-state index < -0.39 is 51.1 Å². The molecule has 1 unspecified atom stereocenters. The summed E-state index contributed by atoms with van der Waals surface area (Å²) in [4.78, 5) is 45.9. The minimum absolute atomic E-state index is 0.119. The Morgan fingerprint density at radius 2 is 1.07 bits per heavy atom. The van der Waals surface area contributed by atoms with Crippen molar-refractivity contribution in [3.63, 3.8) is 0 Å². The minimum atomic E-state index is -4.72. The van der Waals surface area contributed by atoms with E-state index in [1.165, 1.54) is 96.3 Å². The van der Waals surface area contributed by atoms with E-state index in [4.69, 9.17) is 24.8 Å². The standard InChI is InChI=1S/C42H76NO10P/c1-3-5-7-9-11-13-15-17-19-21-23-25-27-29-31-33-40(44)50-35-38(36-51-54(48,49)52-37-39(43)42(46)47)53-41(45)34-32-30-28-26-24-22-20-18-16-14-12-10-8-6-4-2/h3,18,20,24,26,38-39H,1,4-17,19,21-23,25,27-37,43H2,2H3,(H,46,47)(H,48,49)/b20-18+,26-24+/t38-,39+/m1/s1. The van der Waals surface area contributed by atoms with Crippen molar-refractivity contribution in [2.24, 2.45) is 5.73 Å². The third-order valence-electron chi connectivity index (χ3n) is 9.01. The van der Waals surface area contributed by atoms with Gasteiger partial charge in [-0.1, -0.05) is 140 Å². The van der Waals surface area contributed by atoms with E-state index in [-0.39, 0.29) is 19.4 Å². The Balaban J connectivity index is 4.42. The van der Waals surface area contributed by atoms with Crippen LogP contribution in [-0.2, 0) is 37.5 Å². The summed E-state index contributed by atoms with van der Waals surface area (Å²) in [5.41, 5.74) is 5.32. The third-order valence-corrected chi connectivity index (χ3v) is 9.96. The number of ether oxygens (including phenoxy) is 2. The van der Waals surface area contributed by atoms with E-state index in [1.807, 2.05) is 6.08 Å². The van der Waals surface area contributed by atoms with Gasteiger partial charge in [0.25, 0.3) is 0 Å². The van der Waals surface area contributed by atoms with Crippen LogP contribution in [0.3, 0.4) is 0 Å². The summed E-state index contributed by atoms with van der Waals surface area (Å²) in [6.07, 6.45) is 38.2. The topological polar surface area (TPSA) is 172 Å². The van der Waals surface area contributed by atoms with Crippen LogP contribution in [0.1, 0.15) is 180 Å². The number of carboxylic acid groups (broad SMARTS) is 1. The van der Waals surface area contributed by atoms with Crippen molar-refractivity contribution in [1.29, 1.82) is 0 Å². The average molecular weight is 786 g/mol. The maximum atomic E-state index is 12.6. The number of carbonyl (C=O) groups excluding carboxylic acids is 2. The molecule has 11 nitrogen and oxygen atoms in total. The SMILES string of the molecule is C=CCCCCCCCCCCCCCCCC(=O)OC[C@H](COP(=O)(O)OC[C@H](N)C(=O)O)OC(=O)CCCC/C=C/C/C=C/CCCCCCCC. The monoisotopic (exact) mass is 786 g/mol. The van der Waals surface area contributed by atoms with Gasteiger partial charge in [0, 0.05) is 12.8 Å². The highest BCUT2D eigenvalue weighted by Gasteiger charge is 2.28. The number of aliphatic carboxylic acids is 1. The van der Waals surface area contributed by atoms with Crippen molar-refractivity contribution >= 4 is 25.7 Å². The number of allylic oxidation sites excluding steroid dienone is 5. The molecule has 0 aliphatic rings. The summed E-state index contributed by atoms with van der Waals surface area (Å²) in [5, 5.41) is 8.87. The molecule has 0 aromatic heterocycles. The Labute approximate surface area is 327 Å². The summed E-state index contributed by atoms with van der Waals surface area (Å²) >= 11 is 0. The van der Waals surface area contributed by atoms with Gasteiger partial charge in [-0.25, -0.2) is 4.57 Å². The number of esters is 2. The molecule has 3 atom stereocenters. The van der Waals surface area contributed by atoms with Crippen molar-refractivity contribution in [1.82, 2.24) is 0 Å². The van der Waals surface area contributed by atoms with Gasteiger partial charge in [-0.05, 0) is 57.8 Å². The zero-order valence-corrected chi connectivity index (χ0v) is 34.5. The lowest BCUT2D eigenvalue weighted by Crippen LogP contribution is -2.34. The van der Waals surface area contributed by atoms with E-state index in [0.717, 1.165) is 51.4 Å². The van der Waals surface area contributed by atoms with Gasteiger partial charge in [0.05, 0.1) is 13.2 Å². The largest absolute Gasteiger partial charge is 0.480 e. The molecule has 314 valence electrons. The van der Waals surface area contributed by atoms with Crippen molar-refractivity contribution in [3.8, 4) is 0 Å². The van der Waals surface area contributed by atoms with E-state index in [0.29, 0.717) is 12.8 Å². The molecule has 4 N–H and O–H groups in total. The van der Waals surface area contributed by atoms with Gasteiger partial charge >= 0.3 is 25.7 Å². The molecule has 0 aromatic rings. The summed E-state index contributed by atoms with van der Waals surface area (Å²) in [7, 11) is -4.72. The first-order valence-corrected chi connectivity index (χ1v) is 22.5. The summed E-state index contributed by atoms with van der Waals surface area (Å²) < 4.78 is 32.6. The third kappa shape index (κ3) is 36.7. The Bertz CT molecular complexity index is 1050. The van der Waals surface area contributed by atoms with Gasteiger partial charge in [0.2, 0.25) is 0 Å². The first kappa shape index (κ1) is 51.7. The summed E-state index contributed by atoms with van der Waals surface area (Å²) in [6.45, 7) is 4.28. The number of rotatable bonds is 40. The Hall–Kier alpha value is -2.30. The number of phosphoric acid groups is 1. The van der Waals surface area contributed by atoms with Crippen LogP contribution in [-0.4, -0.2) is 59.9 Å². The number of carboxylic acids is 1. The molecular weight excluding hydrogens is 709 g/mol. The molecule has 0 spiro atoms. The van der Waals surface area contributed by atoms with Crippen LogP contribution in [0.15, 0.2) is 37.0 Å². The van der Waals surface area contributed by atoms with Gasteiger partial charge in [-0.2, -0.15) is 0 Å². The summed E-state index contributed by atoms with van der Waals surface area (Å²) in [6, 6.07) is -1.53. The van der Waals surface area contributed by atoms with Crippen LogP contribution in [0, 0.1) is 0 Å². The van der Waals surface area contributed by atoms with Crippen LogP contribution in [0.4, 0.5) is 0 Å². The highest BCUT2D eigenvalue weighted by Crippen LogP contribution is 2.43. The Kier molecular flexibility index (Phi) is 36.0. The van der Waals surface area contributed by atoms with Crippen LogP contribution in [0.25, 0.3) is 0 Å². The normalized spacial score (nSPS) is 13.9. The van der Waals surface area contributed by atoms with Crippen molar-refractivity contribution in [2.45, 2.75) is 192 Å². The highest BCUT2D eigenvalue weighted by atomic mass is 31.2. The van der Waals surface area contributed by atoms with Gasteiger partial charge in [-0.3, -0.25) is 23.4 Å². The fourth-order valence-corrected chi connectivity index (χ4v) is 6.44. The fourth-order valence-electron chi connectivity index (χ4n) is 5.66. The lowest BCUT2D eigenvalue weighted by molar-refractivity contribution is -0.161. The molecule has 0 bridgehead atoms. The van der Waals surface area contributed by atoms with Gasteiger partial charge in [-0.15, -0.1) is 6.58 Å². The first-order valence-electron chi connectivity index (χ1n) is 21.0. The predicted octanol–water partition coefficient (Wildman–Crippen LogP) is 10.8. The predicted molar refractivity (Wildman–Crippen MR) is 217 cm³/mol. The zero-order valence-electron chi connectivity index (χ0n) is 33.6. The van der Waals surface area contributed by atoms with Gasteiger partial charge in [0.1, 0.15) is 12.6 Å². The number of hydrogen-bond donors (Lipinski definition) is 3. The zero-order chi connectivity index (χ0) is 40.0. The fraction of sp³-hybridized carbons (Fsp3) is 0.786. The molecule has 12 heteroatoms. The van der Waals surface area contributed by atoms with Crippen LogP contribution in [0.2, 0.25) is 0 Å². The Morgan fingerprint density at radius 3 is 1.61 bits per heavy atom. The van der Waals surface area contributed by atoms with Crippen LogP contribution >= 0.6 is 7.82 Å². The van der Waals surface area contributed by atoms with Gasteiger partial charge in [0.15, 0.2) is 6.10 Å². The average Bonchev–Trinajstić information content (AvgIpc) is 3.14. The molecule has 0 heterocycles. The second-order valence-electron chi connectivity index (χ2n) is 14.2. The van der Waals surface area contributed by atoms with Crippen molar-refractivity contribution in [2.75, 3.05) is 19.8 Å². The van der Waals surface area contributed by atoms with E-state index in [9.17, 15) is 23.8 Å². The number of unbranched alkanes of at least 4 members (excludes halogenated alkanes) is 21. The molecule has 0 radical (unpaired) electrons. The van der Waals surface area contributed by atoms with Crippen LogP contribution in [0.5, 0.6) is 0 Å². The molecule has 0 aliphatic heterocycles. The molecule has 0 amide bonds. The second kappa shape index (κ2) is 37.6. The molecule has 0 rings (SSSR count). The van der Waals surface area contributed by atoms with E-state index in [1.54, 1.807) is 0 Å². The molecule has 0 aliphatic carbocycles. The number of nitrogens with two attached hydrogens (primary N) is 1. The molecule has 54 heavy (non-hydrogen) atoms. The number of carbonyl (C=O) groups is 3. The number of phosphoric ester groups is 1. The maximum absolute atomic E-state index is 12.6. The molecule has 0 saturated heterocycles. The van der Waals surface area contributed by atoms with Crippen molar-refractivity contribution < 1.29 is 47.5 Å². The van der Waals surface area contributed by atoms with Crippen LogP contribution < -0.4 is 5.73 Å². The second-order valence-corrected chi connectivity index (χ2v) is 15.7. The Morgan fingerprint density at radius 1 is 0.630 bits per heavy atom. The van der Waals surface area contributed by atoms with Gasteiger partial charge < -0.3 is 25.2 Å². The quantitative estimate of drug-likeness (QED) is 0.0234. The number of hydrogen-bond acceptors (Lipinski definition) is 9. The molecule has 0 saturated carbocycles. The smallest absolute Gasteiger partial charge is 0.472 e. The minimum Gasteiger partial charge on any atom is -0.480 e. The molecule has 0 fully saturated rings. The van der Waals surface area contributed by atoms with Crippen molar-refractivity contribution in [3.05, 3.63) is 37.0 Å².